The summed E-state index contributed by atoms with van der Waals surface area (Å²) < 4.78 is 12.8. The number of nitrogens with zero attached hydrogens (tertiary/aromatic N) is 1. The lowest BCUT2D eigenvalue weighted by Crippen LogP contribution is -2.28. The SMILES string of the molecule is c1ccc(C2(c3ccccc3)c3ccccc3-c3cc(-c4ccc(-c5cccc(N(c6ccc(-c7ccc8c(c7)oc7ccccc78)cc6)c6ccc(-c7cccc8c7oc7ccccc78)cc6)c5)cc4)ccc32)cc1. The number of furan rings is 2. The fourth-order valence-electron chi connectivity index (χ4n) is 12.2. The Balaban J connectivity index is 0.788. The predicted molar refractivity (Wildman–Crippen MR) is 315 cm³/mol. The first-order valence-corrected chi connectivity index (χ1v) is 26.0. The molecule has 12 aromatic carbocycles. The maximum Gasteiger partial charge on any atom is 0.143 e. The predicted octanol–water partition coefficient (Wildman–Crippen LogP) is 20.0. The van der Waals surface area contributed by atoms with Crippen LogP contribution >= 0.6 is 0 Å². The molecule has 3 heteroatoms. The summed E-state index contributed by atoms with van der Waals surface area (Å²) in [6, 6.07) is 103. The molecule has 0 saturated carbocycles. The van der Waals surface area contributed by atoms with Crippen LogP contribution < -0.4 is 4.90 Å². The van der Waals surface area contributed by atoms with Gasteiger partial charge >= 0.3 is 0 Å². The number of benzene rings is 12. The molecule has 3 nitrogen and oxygen atoms in total. The Morgan fingerprint density at radius 3 is 1.42 bits per heavy atom. The second-order valence-corrected chi connectivity index (χ2v) is 19.9. The van der Waals surface area contributed by atoms with Gasteiger partial charge in [0.25, 0.3) is 0 Å². The zero-order valence-electron chi connectivity index (χ0n) is 41.4. The third kappa shape index (κ3) is 6.97. The molecule has 0 bridgehead atoms. The van der Waals surface area contributed by atoms with Crippen molar-refractivity contribution < 1.29 is 8.83 Å². The minimum absolute atomic E-state index is 0.422. The summed E-state index contributed by atoms with van der Waals surface area (Å²) in [4.78, 5) is 2.35. The first-order chi connectivity index (χ1) is 37.7. The van der Waals surface area contributed by atoms with E-state index in [-0.39, 0.29) is 0 Å². The Hall–Kier alpha value is -9.96. The van der Waals surface area contributed by atoms with Crippen molar-refractivity contribution in [3.63, 3.8) is 0 Å². The number of anilines is 3. The van der Waals surface area contributed by atoms with E-state index in [1.54, 1.807) is 0 Å². The highest BCUT2D eigenvalue weighted by Crippen LogP contribution is 2.56. The van der Waals surface area contributed by atoms with Gasteiger partial charge in [-0.15, -0.1) is 0 Å². The van der Waals surface area contributed by atoms with Gasteiger partial charge in [-0.1, -0.05) is 218 Å². The topological polar surface area (TPSA) is 29.5 Å². The number of para-hydroxylation sites is 3. The van der Waals surface area contributed by atoms with Gasteiger partial charge in [-0.3, -0.25) is 0 Å². The van der Waals surface area contributed by atoms with Gasteiger partial charge in [0.2, 0.25) is 0 Å². The lowest BCUT2D eigenvalue weighted by atomic mass is 9.67. The minimum Gasteiger partial charge on any atom is -0.456 e. The molecule has 0 aliphatic heterocycles. The largest absolute Gasteiger partial charge is 0.456 e. The highest BCUT2D eigenvalue weighted by Gasteiger charge is 2.46. The Morgan fingerprint density at radius 2 is 0.724 bits per heavy atom. The smallest absolute Gasteiger partial charge is 0.143 e. The van der Waals surface area contributed by atoms with Crippen LogP contribution in [0.4, 0.5) is 17.1 Å². The van der Waals surface area contributed by atoms with Crippen molar-refractivity contribution >= 4 is 60.9 Å². The average molecular weight is 970 g/mol. The molecule has 76 heavy (non-hydrogen) atoms. The van der Waals surface area contributed by atoms with Crippen molar-refractivity contribution in [2.45, 2.75) is 5.41 Å². The molecule has 2 aromatic heterocycles. The first-order valence-electron chi connectivity index (χ1n) is 26.0. The molecule has 1 aliphatic carbocycles. The van der Waals surface area contributed by atoms with Gasteiger partial charge in [0.1, 0.15) is 22.3 Å². The summed E-state index contributed by atoms with van der Waals surface area (Å²) >= 11 is 0. The van der Waals surface area contributed by atoms with Gasteiger partial charge in [0.05, 0.1) is 5.41 Å². The Bertz CT molecular complexity index is 4450. The molecule has 0 atom stereocenters. The summed E-state index contributed by atoms with van der Waals surface area (Å²) in [7, 11) is 0. The lowest BCUT2D eigenvalue weighted by Gasteiger charge is -2.33. The monoisotopic (exact) mass is 969 g/mol. The molecule has 2 heterocycles. The number of hydrogen-bond donors (Lipinski definition) is 0. The molecule has 1 aliphatic rings. The molecule has 356 valence electrons. The van der Waals surface area contributed by atoms with Crippen LogP contribution in [0, 0.1) is 0 Å². The Kier molecular flexibility index (Phi) is 10.1. The van der Waals surface area contributed by atoms with Crippen molar-refractivity contribution in [3.05, 3.63) is 307 Å². The van der Waals surface area contributed by atoms with Crippen LogP contribution in [-0.2, 0) is 5.41 Å². The third-order valence-electron chi connectivity index (χ3n) is 15.8. The van der Waals surface area contributed by atoms with Crippen LogP contribution in [0.3, 0.4) is 0 Å². The molecule has 0 amide bonds. The standard InChI is InChI=1S/C73H47NO2/c1-3-16-55(17-4-1)73(56-18-5-2-6-19-56)67-26-10-7-21-61(67)66-46-53(38-44-68(66)73)49-31-29-48(30-32-49)52-15-13-20-59(45-52)74(57-39-33-50(34-40-57)54-37-43-64-62-22-8-11-27-69(62)75-71(64)47-54)58-41-35-51(36-42-58)60-24-14-25-65-63-23-9-12-28-70(63)76-72(60)65/h1-47H. The molecular weight excluding hydrogens is 923 g/mol. The summed E-state index contributed by atoms with van der Waals surface area (Å²) in [5.41, 5.74) is 23.1. The molecule has 0 saturated heterocycles. The van der Waals surface area contributed by atoms with Gasteiger partial charge in [0.15, 0.2) is 0 Å². The summed E-state index contributed by atoms with van der Waals surface area (Å²) in [6.45, 7) is 0. The first kappa shape index (κ1) is 43.6. The van der Waals surface area contributed by atoms with Crippen LogP contribution in [0.5, 0.6) is 0 Å². The molecule has 0 N–H and O–H groups in total. The minimum atomic E-state index is -0.422. The van der Waals surface area contributed by atoms with Crippen molar-refractivity contribution in [1.29, 1.82) is 0 Å². The van der Waals surface area contributed by atoms with Crippen LogP contribution in [0.25, 0.3) is 99.5 Å². The summed E-state index contributed by atoms with van der Waals surface area (Å²) in [5, 5.41) is 4.50. The van der Waals surface area contributed by atoms with E-state index in [0.29, 0.717) is 0 Å². The van der Waals surface area contributed by atoms with Crippen molar-refractivity contribution in [2.24, 2.45) is 0 Å². The zero-order chi connectivity index (χ0) is 50.2. The van der Waals surface area contributed by atoms with Crippen LogP contribution in [-0.4, -0.2) is 0 Å². The van der Waals surface area contributed by atoms with E-state index in [4.69, 9.17) is 8.83 Å². The van der Waals surface area contributed by atoms with Gasteiger partial charge in [-0.05, 0) is 139 Å². The average Bonchev–Trinajstić information content (AvgIpc) is 4.28. The van der Waals surface area contributed by atoms with Crippen LogP contribution in [0.2, 0.25) is 0 Å². The highest BCUT2D eigenvalue weighted by molar-refractivity contribution is 6.10. The number of rotatable bonds is 9. The maximum atomic E-state index is 6.48. The summed E-state index contributed by atoms with van der Waals surface area (Å²) in [6.07, 6.45) is 0. The molecule has 0 radical (unpaired) electrons. The Labute approximate surface area is 440 Å². The van der Waals surface area contributed by atoms with E-state index in [9.17, 15) is 0 Å². The maximum absolute atomic E-state index is 6.48. The second-order valence-electron chi connectivity index (χ2n) is 19.9. The van der Waals surface area contributed by atoms with E-state index in [0.717, 1.165) is 94.3 Å². The van der Waals surface area contributed by atoms with Crippen LogP contribution in [0.15, 0.2) is 294 Å². The highest BCUT2D eigenvalue weighted by atomic mass is 16.3. The molecule has 0 fully saturated rings. The van der Waals surface area contributed by atoms with Gasteiger partial charge in [0, 0.05) is 44.2 Å². The molecular formula is C73H47NO2. The van der Waals surface area contributed by atoms with Gasteiger partial charge in [-0.2, -0.15) is 0 Å². The Morgan fingerprint density at radius 1 is 0.250 bits per heavy atom. The molecule has 14 aromatic rings. The zero-order valence-corrected chi connectivity index (χ0v) is 41.4. The number of hydrogen-bond acceptors (Lipinski definition) is 3. The number of fused-ring (bicyclic) bond motifs is 9. The van der Waals surface area contributed by atoms with Crippen LogP contribution in [0.1, 0.15) is 22.3 Å². The van der Waals surface area contributed by atoms with Crippen molar-refractivity contribution in [1.82, 2.24) is 0 Å². The molecule has 0 spiro atoms. The van der Waals surface area contributed by atoms with Gasteiger partial charge in [-0.25, -0.2) is 0 Å². The van der Waals surface area contributed by atoms with Crippen molar-refractivity contribution in [3.8, 4) is 55.6 Å². The molecule has 15 rings (SSSR count). The second kappa shape index (κ2) is 17.6. The molecule has 0 unspecified atom stereocenters. The summed E-state index contributed by atoms with van der Waals surface area (Å²) in [5.74, 6) is 0. The normalized spacial score (nSPS) is 12.6. The fraction of sp³-hybridized carbons (Fsp3) is 0.0137. The van der Waals surface area contributed by atoms with Gasteiger partial charge < -0.3 is 13.7 Å². The van der Waals surface area contributed by atoms with E-state index >= 15 is 0 Å². The fourth-order valence-corrected chi connectivity index (χ4v) is 12.2. The van der Waals surface area contributed by atoms with E-state index in [1.807, 2.05) is 24.3 Å². The van der Waals surface area contributed by atoms with E-state index in [2.05, 4.69) is 266 Å². The quantitative estimate of drug-likeness (QED) is 0.144. The lowest BCUT2D eigenvalue weighted by molar-refractivity contribution is 0.669. The van der Waals surface area contributed by atoms with Crippen molar-refractivity contribution in [2.75, 3.05) is 4.90 Å². The van der Waals surface area contributed by atoms with E-state index in [1.165, 1.54) is 44.5 Å². The van der Waals surface area contributed by atoms with E-state index < -0.39 is 5.41 Å². The third-order valence-corrected chi connectivity index (χ3v) is 15.8.